The normalized spacial score (nSPS) is 12.5. The van der Waals surface area contributed by atoms with Gasteiger partial charge in [0.1, 0.15) is 0 Å². The van der Waals surface area contributed by atoms with E-state index in [1.165, 1.54) is 10.8 Å². The van der Waals surface area contributed by atoms with Crippen LogP contribution in [0, 0.1) is 19.8 Å². The highest BCUT2D eigenvalue weighted by Gasteiger charge is 2.18. The Morgan fingerprint density at radius 3 is 2.52 bits per heavy atom. The third kappa shape index (κ3) is 4.21. The van der Waals surface area contributed by atoms with Crippen molar-refractivity contribution in [2.75, 3.05) is 0 Å². The second-order valence-electron chi connectivity index (χ2n) is 7.76. The van der Waals surface area contributed by atoms with Crippen LogP contribution in [0.15, 0.2) is 42.5 Å². The third-order valence-electron chi connectivity index (χ3n) is 5.07. The molecule has 1 aromatic heterocycles. The van der Waals surface area contributed by atoms with E-state index < -0.39 is 0 Å². The van der Waals surface area contributed by atoms with Crippen LogP contribution in [-0.4, -0.2) is 15.7 Å². The number of aryl methyl sites for hydroxylation is 1. The Labute approximate surface area is 161 Å². The lowest BCUT2D eigenvalue weighted by Crippen LogP contribution is -2.28. The van der Waals surface area contributed by atoms with Crippen molar-refractivity contribution in [3.8, 4) is 0 Å². The quantitative estimate of drug-likeness (QED) is 0.688. The molecule has 0 radical (unpaired) electrons. The zero-order valence-corrected chi connectivity index (χ0v) is 16.9. The van der Waals surface area contributed by atoms with E-state index in [9.17, 15) is 4.79 Å². The molecule has 3 aromatic rings. The molecular formula is C23H29N3O. The Kier molecular flexibility index (Phi) is 5.64. The number of nitrogens with zero attached hydrogens (tertiary/aromatic N) is 2. The minimum atomic E-state index is -0.0464. The van der Waals surface area contributed by atoms with Gasteiger partial charge in [0, 0.05) is 17.8 Å². The van der Waals surface area contributed by atoms with Gasteiger partial charge in [-0.05, 0) is 43.0 Å². The predicted octanol–water partition coefficient (Wildman–Crippen LogP) is 4.73. The highest BCUT2D eigenvalue weighted by molar-refractivity contribution is 5.87. The number of carbonyl (C=O) groups is 1. The number of hydrogen-bond acceptors (Lipinski definition) is 2. The monoisotopic (exact) mass is 363 g/mol. The van der Waals surface area contributed by atoms with Gasteiger partial charge >= 0.3 is 0 Å². The van der Waals surface area contributed by atoms with Crippen molar-refractivity contribution in [1.82, 2.24) is 15.1 Å². The van der Waals surface area contributed by atoms with E-state index in [1.807, 2.05) is 36.7 Å². The van der Waals surface area contributed by atoms with E-state index in [1.54, 1.807) is 0 Å². The fourth-order valence-corrected chi connectivity index (χ4v) is 3.67. The molecular weight excluding hydrogens is 334 g/mol. The molecule has 142 valence electrons. The van der Waals surface area contributed by atoms with Crippen molar-refractivity contribution in [2.24, 2.45) is 5.92 Å². The van der Waals surface area contributed by atoms with Crippen molar-refractivity contribution in [1.29, 1.82) is 0 Å². The zero-order valence-electron chi connectivity index (χ0n) is 16.9. The van der Waals surface area contributed by atoms with Crippen LogP contribution in [0.25, 0.3) is 10.8 Å². The van der Waals surface area contributed by atoms with E-state index in [4.69, 9.17) is 0 Å². The van der Waals surface area contributed by atoms with Gasteiger partial charge in [-0.15, -0.1) is 0 Å². The van der Waals surface area contributed by atoms with Crippen LogP contribution < -0.4 is 5.32 Å². The number of aromatic nitrogens is 2. The molecule has 0 aliphatic carbocycles. The average molecular weight is 364 g/mol. The molecule has 4 heteroatoms. The number of hydrogen-bond donors (Lipinski definition) is 1. The molecule has 0 saturated heterocycles. The Hall–Kier alpha value is -2.62. The highest BCUT2D eigenvalue weighted by Crippen LogP contribution is 2.24. The molecule has 4 nitrogen and oxygen atoms in total. The average Bonchev–Trinajstić information content (AvgIpc) is 2.88. The van der Waals surface area contributed by atoms with Crippen LogP contribution in [0.1, 0.15) is 49.3 Å². The maximum absolute atomic E-state index is 12.7. The molecule has 3 rings (SSSR count). The van der Waals surface area contributed by atoms with Gasteiger partial charge in [0.05, 0.1) is 18.2 Å². The Bertz CT molecular complexity index is 950. The number of fused-ring (bicyclic) bond motifs is 1. The van der Waals surface area contributed by atoms with E-state index in [-0.39, 0.29) is 11.9 Å². The summed E-state index contributed by atoms with van der Waals surface area (Å²) in [5.74, 6) is 0.557. The summed E-state index contributed by atoms with van der Waals surface area (Å²) in [4.78, 5) is 12.7. The smallest absolute Gasteiger partial charge is 0.225 e. The van der Waals surface area contributed by atoms with Crippen molar-refractivity contribution in [3.05, 3.63) is 65.0 Å². The number of benzene rings is 2. The Balaban J connectivity index is 1.75. The molecule has 2 aromatic carbocycles. The Morgan fingerprint density at radius 1 is 1.07 bits per heavy atom. The first kappa shape index (κ1) is 19.2. The van der Waals surface area contributed by atoms with Gasteiger partial charge < -0.3 is 5.32 Å². The molecule has 0 aliphatic rings. The molecule has 0 spiro atoms. The molecule has 27 heavy (non-hydrogen) atoms. The second kappa shape index (κ2) is 7.95. The number of nitrogens with one attached hydrogen (secondary N) is 1. The summed E-state index contributed by atoms with van der Waals surface area (Å²) >= 11 is 0. The van der Waals surface area contributed by atoms with Crippen LogP contribution >= 0.6 is 0 Å². The van der Waals surface area contributed by atoms with E-state index in [0.29, 0.717) is 12.3 Å². The zero-order chi connectivity index (χ0) is 19.6. The maximum Gasteiger partial charge on any atom is 0.225 e. The maximum atomic E-state index is 12.7. The molecule has 0 saturated carbocycles. The van der Waals surface area contributed by atoms with Crippen LogP contribution in [0.3, 0.4) is 0 Å². The molecule has 1 N–H and O–H groups in total. The first-order valence-corrected chi connectivity index (χ1v) is 9.66. The summed E-state index contributed by atoms with van der Waals surface area (Å²) in [6, 6.07) is 14.5. The highest BCUT2D eigenvalue weighted by atomic mass is 16.1. The van der Waals surface area contributed by atoms with Gasteiger partial charge in [-0.25, -0.2) is 0 Å². The third-order valence-corrected chi connectivity index (χ3v) is 5.07. The van der Waals surface area contributed by atoms with Crippen molar-refractivity contribution in [2.45, 2.75) is 53.6 Å². The SMILES string of the molecule is Cc1nn(CC(C)C)c(C)c1CC(=O)NC(C)c1cccc2ccccc12. The number of carbonyl (C=O) groups excluding carboxylic acids is 1. The molecule has 0 bridgehead atoms. The number of amides is 1. The summed E-state index contributed by atoms with van der Waals surface area (Å²) in [6.07, 6.45) is 0.366. The minimum absolute atomic E-state index is 0.0331. The van der Waals surface area contributed by atoms with Gasteiger partial charge in [-0.2, -0.15) is 5.10 Å². The lowest BCUT2D eigenvalue weighted by atomic mass is 9.99. The molecule has 1 atom stereocenters. The summed E-state index contributed by atoms with van der Waals surface area (Å²) in [6.45, 7) is 11.3. The lowest BCUT2D eigenvalue weighted by Gasteiger charge is -2.17. The van der Waals surface area contributed by atoms with Crippen molar-refractivity contribution >= 4 is 16.7 Å². The first-order chi connectivity index (χ1) is 12.9. The van der Waals surface area contributed by atoms with Crippen molar-refractivity contribution in [3.63, 3.8) is 0 Å². The van der Waals surface area contributed by atoms with Gasteiger partial charge in [-0.3, -0.25) is 9.48 Å². The molecule has 0 fully saturated rings. The molecule has 0 aliphatic heterocycles. The van der Waals surface area contributed by atoms with Crippen LogP contribution in [0.5, 0.6) is 0 Å². The van der Waals surface area contributed by atoms with Gasteiger partial charge in [0.25, 0.3) is 0 Å². The van der Waals surface area contributed by atoms with E-state index in [2.05, 4.69) is 55.5 Å². The molecule has 1 heterocycles. The van der Waals surface area contributed by atoms with Gasteiger partial charge in [0.15, 0.2) is 0 Å². The van der Waals surface area contributed by atoms with Crippen molar-refractivity contribution < 1.29 is 4.79 Å². The second-order valence-corrected chi connectivity index (χ2v) is 7.76. The van der Waals surface area contributed by atoms with Gasteiger partial charge in [0.2, 0.25) is 5.91 Å². The van der Waals surface area contributed by atoms with Gasteiger partial charge in [-0.1, -0.05) is 56.3 Å². The molecule has 1 unspecified atom stereocenters. The molecule has 1 amide bonds. The van der Waals surface area contributed by atoms with E-state index in [0.717, 1.165) is 29.1 Å². The predicted molar refractivity (Wildman–Crippen MR) is 111 cm³/mol. The topological polar surface area (TPSA) is 46.9 Å². The minimum Gasteiger partial charge on any atom is -0.349 e. The standard InChI is InChI=1S/C23H29N3O/c1-15(2)14-26-18(5)22(17(4)25-26)13-23(27)24-16(3)20-12-8-10-19-9-6-7-11-21(19)20/h6-12,15-16H,13-14H2,1-5H3,(H,24,27). The van der Waals surface area contributed by atoms with E-state index >= 15 is 0 Å². The first-order valence-electron chi connectivity index (χ1n) is 9.66. The summed E-state index contributed by atoms with van der Waals surface area (Å²) in [5, 5.41) is 10.2. The fourth-order valence-electron chi connectivity index (χ4n) is 3.67. The largest absolute Gasteiger partial charge is 0.349 e. The van der Waals surface area contributed by atoms with Crippen LogP contribution in [0.4, 0.5) is 0 Å². The van der Waals surface area contributed by atoms with Crippen LogP contribution in [0.2, 0.25) is 0 Å². The summed E-state index contributed by atoms with van der Waals surface area (Å²) < 4.78 is 2.02. The summed E-state index contributed by atoms with van der Waals surface area (Å²) in [5.41, 5.74) is 4.22. The lowest BCUT2D eigenvalue weighted by molar-refractivity contribution is -0.121. The fraction of sp³-hybridized carbons (Fsp3) is 0.391. The summed E-state index contributed by atoms with van der Waals surface area (Å²) in [7, 11) is 0. The Morgan fingerprint density at radius 2 is 1.78 bits per heavy atom. The number of rotatable bonds is 6. The van der Waals surface area contributed by atoms with Crippen LogP contribution in [-0.2, 0) is 17.8 Å².